The summed E-state index contributed by atoms with van der Waals surface area (Å²) >= 11 is 1.45. The molecule has 118 valence electrons. The van der Waals surface area contributed by atoms with Gasteiger partial charge in [-0.1, -0.05) is 37.7 Å². The molecule has 0 bridgehead atoms. The number of fused-ring (bicyclic) bond motifs is 1. The first-order chi connectivity index (χ1) is 10.5. The molecule has 0 saturated heterocycles. The summed E-state index contributed by atoms with van der Waals surface area (Å²) in [5, 5.41) is 1.52. The molecule has 0 fully saturated rings. The Kier molecular flexibility index (Phi) is 5.66. The van der Waals surface area contributed by atoms with E-state index in [1.54, 1.807) is 0 Å². The number of aryl methyl sites for hydroxylation is 1. The van der Waals surface area contributed by atoms with Gasteiger partial charge in [0.1, 0.15) is 5.58 Å². The lowest BCUT2D eigenvalue weighted by Gasteiger charge is -2.08. The van der Waals surface area contributed by atoms with Crippen LogP contribution in [-0.2, 0) is 12.2 Å². The number of thioether (sulfide) groups is 1. The molecule has 0 saturated carbocycles. The van der Waals surface area contributed by atoms with Crippen LogP contribution in [0.4, 0.5) is 0 Å². The normalized spacial score (nSPS) is 13.5. The maximum atomic E-state index is 11.7. The fraction of sp³-hybridized carbons (Fsp3) is 0.412. The van der Waals surface area contributed by atoms with Crippen molar-refractivity contribution in [2.45, 2.75) is 45.4 Å². The Hall–Kier alpha value is -1.75. The zero-order valence-electron chi connectivity index (χ0n) is 13.3. The van der Waals surface area contributed by atoms with Crippen LogP contribution in [0.5, 0.6) is 0 Å². The first-order valence-electron chi connectivity index (χ1n) is 7.55. The Balaban J connectivity index is 2.27. The molecular weight excluding hydrogens is 296 g/mol. The first-order valence-corrected chi connectivity index (χ1v) is 8.53. The summed E-state index contributed by atoms with van der Waals surface area (Å²) in [7, 11) is 0. The number of rotatable bonds is 5. The van der Waals surface area contributed by atoms with Crippen LogP contribution < -0.4 is 11.4 Å². The zero-order chi connectivity index (χ0) is 16.1. The van der Waals surface area contributed by atoms with Crippen LogP contribution in [0, 0.1) is 0 Å². The van der Waals surface area contributed by atoms with Crippen molar-refractivity contribution in [3.8, 4) is 0 Å². The van der Waals surface area contributed by atoms with Gasteiger partial charge in [-0.3, -0.25) is 4.99 Å². The summed E-state index contributed by atoms with van der Waals surface area (Å²) in [6.45, 7) is 6.19. The minimum absolute atomic E-state index is 0.220. The molecule has 5 heteroatoms. The second kappa shape index (κ2) is 7.49. The van der Waals surface area contributed by atoms with Crippen LogP contribution >= 0.6 is 11.8 Å². The molecule has 1 heterocycles. The fourth-order valence-corrected chi connectivity index (χ4v) is 2.91. The topological polar surface area (TPSA) is 68.6 Å². The number of nitrogens with zero attached hydrogens (tertiary/aromatic N) is 1. The summed E-state index contributed by atoms with van der Waals surface area (Å²) < 4.78 is 5.31. The molecule has 0 radical (unpaired) electrons. The van der Waals surface area contributed by atoms with Gasteiger partial charge in [-0.2, -0.15) is 0 Å². The lowest BCUT2D eigenvalue weighted by molar-refractivity contribution is 0.559. The van der Waals surface area contributed by atoms with Gasteiger partial charge in [-0.15, -0.1) is 0 Å². The van der Waals surface area contributed by atoms with E-state index in [4.69, 9.17) is 10.2 Å². The quantitative estimate of drug-likeness (QED) is 0.518. The van der Waals surface area contributed by atoms with Crippen LogP contribution in [-0.4, -0.2) is 11.2 Å². The number of hydrogen-bond acceptors (Lipinski definition) is 4. The average Bonchev–Trinajstić information content (AvgIpc) is 2.51. The molecule has 2 aromatic rings. The Morgan fingerprint density at radius 3 is 2.82 bits per heavy atom. The molecule has 2 N–H and O–H groups in total. The highest BCUT2D eigenvalue weighted by atomic mass is 32.2. The lowest BCUT2D eigenvalue weighted by atomic mass is 10.1. The number of benzene rings is 1. The molecule has 0 aliphatic rings. The standard InChI is InChI=1S/C17H22N2O2S/c1-4-11(3)19-17(18)22-10-13-9-16(20)21-15-8-12(5-2)6-7-14(13)15/h6-9,11H,4-5,10H2,1-3H3,(H2,18,19)/t11-/m1/s1. The van der Waals surface area contributed by atoms with Gasteiger partial charge in [0.05, 0.1) is 0 Å². The first kappa shape index (κ1) is 16.6. The third-order valence-corrected chi connectivity index (χ3v) is 4.47. The number of amidine groups is 1. The van der Waals surface area contributed by atoms with E-state index in [-0.39, 0.29) is 11.7 Å². The summed E-state index contributed by atoms with van der Waals surface area (Å²) in [6, 6.07) is 7.76. The van der Waals surface area contributed by atoms with Crippen molar-refractivity contribution in [3.63, 3.8) is 0 Å². The Morgan fingerprint density at radius 2 is 2.14 bits per heavy atom. The molecule has 4 nitrogen and oxygen atoms in total. The lowest BCUT2D eigenvalue weighted by Crippen LogP contribution is -2.11. The van der Waals surface area contributed by atoms with Crippen LogP contribution in [0.25, 0.3) is 11.0 Å². The third kappa shape index (κ3) is 4.13. The van der Waals surface area contributed by atoms with Gasteiger partial charge in [0.2, 0.25) is 0 Å². The second-order valence-corrected chi connectivity index (χ2v) is 6.28. The maximum absolute atomic E-state index is 11.7. The van der Waals surface area contributed by atoms with Crippen LogP contribution in [0.3, 0.4) is 0 Å². The summed E-state index contributed by atoms with van der Waals surface area (Å²) in [5.74, 6) is 0.610. The summed E-state index contributed by atoms with van der Waals surface area (Å²) in [5.41, 5.74) is 8.33. The summed E-state index contributed by atoms with van der Waals surface area (Å²) in [6.07, 6.45) is 1.87. The van der Waals surface area contributed by atoms with E-state index in [9.17, 15) is 4.79 Å². The predicted octanol–water partition coefficient (Wildman–Crippen LogP) is 3.70. The molecule has 1 aromatic carbocycles. The molecule has 0 spiro atoms. The SMILES string of the molecule is CCc1ccc2c(CSC(N)=N[C@H](C)CC)cc(=O)oc2c1. The van der Waals surface area contributed by atoms with E-state index in [0.29, 0.717) is 16.5 Å². The monoisotopic (exact) mass is 318 g/mol. The minimum Gasteiger partial charge on any atom is -0.423 e. The maximum Gasteiger partial charge on any atom is 0.336 e. The number of aliphatic imine (C=N–C) groups is 1. The average molecular weight is 318 g/mol. The van der Waals surface area contributed by atoms with E-state index in [0.717, 1.165) is 29.4 Å². The highest BCUT2D eigenvalue weighted by Crippen LogP contribution is 2.23. The molecule has 2 rings (SSSR count). The molecule has 0 aliphatic heterocycles. The number of hydrogen-bond donors (Lipinski definition) is 1. The van der Waals surface area contributed by atoms with Gasteiger partial charge in [0.25, 0.3) is 0 Å². The largest absolute Gasteiger partial charge is 0.423 e. The van der Waals surface area contributed by atoms with Gasteiger partial charge < -0.3 is 10.2 Å². The molecule has 22 heavy (non-hydrogen) atoms. The molecular formula is C17H22N2O2S. The van der Waals surface area contributed by atoms with Crippen molar-refractivity contribution in [2.24, 2.45) is 10.7 Å². The van der Waals surface area contributed by atoms with Crippen LogP contribution in [0.15, 0.2) is 38.5 Å². The molecule has 1 aromatic heterocycles. The van der Waals surface area contributed by atoms with Gasteiger partial charge in [-0.05, 0) is 37.0 Å². The molecule has 0 unspecified atom stereocenters. The van der Waals surface area contributed by atoms with Crippen molar-refractivity contribution >= 4 is 27.9 Å². The smallest absolute Gasteiger partial charge is 0.336 e. The Bertz CT molecular complexity index is 737. The Labute approximate surface area is 134 Å². The van der Waals surface area contributed by atoms with Gasteiger partial charge in [0.15, 0.2) is 5.17 Å². The van der Waals surface area contributed by atoms with E-state index in [2.05, 4.69) is 24.9 Å². The van der Waals surface area contributed by atoms with Crippen LogP contribution in [0.1, 0.15) is 38.3 Å². The highest BCUT2D eigenvalue weighted by Gasteiger charge is 2.08. The molecule has 1 atom stereocenters. The fourth-order valence-electron chi connectivity index (χ4n) is 2.11. The van der Waals surface area contributed by atoms with E-state index < -0.39 is 0 Å². The minimum atomic E-state index is -0.325. The second-order valence-electron chi connectivity index (χ2n) is 5.29. The van der Waals surface area contributed by atoms with Crippen molar-refractivity contribution in [1.82, 2.24) is 0 Å². The van der Waals surface area contributed by atoms with Crippen molar-refractivity contribution in [1.29, 1.82) is 0 Å². The van der Waals surface area contributed by atoms with E-state index in [1.807, 2.05) is 19.1 Å². The van der Waals surface area contributed by atoms with Gasteiger partial charge in [-0.25, -0.2) is 4.79 Å². The van der Waals surface area contributed by atoms with Crippen molar-refractivity contribution in [3.05, 3.63) is 45.8 Å². The summed E-state index contributed by atoms with van der Waals surface area (Å²) in [4.78, 5) is 16.1. The molecule has 0 amide bonds. The van der Waals surface area contributed by atoms with Crippen LogP contribution in [0.2, 0.25) is 0 Å². The van der Waals surface area contributed by atoms with Gasteiger partial charge >= 0.3 is 5.63 Å². The number of nitrogens with two attached hydrogens (primary N) is 1. The van der Waals surface area contributed by atoms with E-state index in [1.165, 1.54) is 17.8 Å². The highest BCUT2D eigenvalue weighted by molar-refractivity contribution is 8.13. The van der Waals surface area contributed by atoms with Crippen molar-refractivity contribution < 1.29 is 4.42 Å². The third-order valence-electron chi connectivity index (χ3n) is 3.62. The van der Waals surface area contributed by atoms with E-state index >= 15 is 0 Å². The van der Waals surface area contributed by atoms with Gasteiger partial charge in [0, 0.05) is 23.2 Å². The van der Waals surface area contributed by atoms with Crippen molar-refractivity contribution in [2.75, 3.05) is 0 Å². The molecule has 0 aliphatic carbocycles. The Morgan fingerprint density at radius 1 is 1.36 bits per heavy atom. The predicted molar refractivity (Wildman–Crippen MR) is 94.5 cm³/mol. The zero-order valence-corrected chi connectivity index (χ0v) is 14.1.